The van der Waals surface area contributed by atoms with E-state index in [1.54, 1.807) is 18.2 Å². The molecule has 0 fully saturated rings. The zero-order valence-electron chi connectivity index (χ0n) is 7.02. The van der Waals surface area contributed by atoms with Crippen LogP contribution in [0.4, 0.5) is 14.5 Å². The van der Waals surface area contributed by atoms with Gasteiger partial charge in [-0.1, -0.05) is 0 Å². The Labute approximate surface area is 84.9 Å². The van der Waals surface area contributed by atoms with Crippen molar-refractivity contribution in [2.24, 2.45) is 0 Å². The number of fused-ring (bicyclic) bond motifs is 1. The van der Waals surface area contributed by atoms with E-state index < -0.39 is 6.55 Å². The maximum atomic E-state index is 12.2. The van der Waals surface area contributed by atoms with E-state index in [1.807, 2.05) is 0 Å². The van der Waals surface area contributed by atoms with E-state index in [9.17, 15) is 8.78 Å². The maximum absolute atomic E-state index is 12.2. The third kappa shape index (κ3) is 1.77. The van der Waals surface area contributed by atoms with Crippen LogP contribution in [-0.2, 0) is 0 Å². The maximum Gasteiger partial charge on any atom is 0.333 e. The lowest BCUT2D eigenvalue weighted by Crippen LogP contribution is -1.96. The molecule has 1 aromatic heterocycles. The Kier molecular flexibility index (Phi) is 2.90. The first-order valence-corrected chi connectivity index (χ1v) is 3.69. The fraction of sp³-hybridized carbons (Fsp3) is 0.125. The molecular formula is C8H8ClF2N3. The number of nitrogens with zero attached hydrogens (tertiary/aromatic N) is 2. The molecule has 0 aliphatic heterocycles. The van der Waals surface area contributed by atoms with Crippen LogP contribution in [0.15, 0.2) is 24.4 Å². The average Bonchev–Trinajstić information content (AvgIpc) is 2.46. The normalized spacial score (nSPS) is 10.5. The number of anilines is 1. The molecule has 76 valence electrons. The summed E-state index contributed by atoms with van der Waals surface area (Å²) in [5.74, 6) is 0. The monoisotopic (exact) mass is 219 g/mol. The minimum Gasteiger partial charge on any atom is -0.399 e. The molecule has 1 aromatic carbocycles. The van der Waals surface area contributed by atoms with Crippen LogP contribution < -0.4 is 5.73 Å². The zero-order valence-corrected chi connectivity index (χ0v) is 7.84. The smallest absolute Gasteiger partial charge is 0.333 e. The van der Waals surface area contributed by atoms with Gasteiger partial charge in [0.1, 0.15) is 0 Å². The Morgan fingerprint density at radius 3 is 2.71 bits per heavy atom. The highest BCUT2D eigenvalue weighted by Crippen LogP contribution is 2.18. The molecule has 0 saturated heterocycles. The van der Waals surface area contributed by atoms with Gasteiger partial charge in [0.25, 0.3) is 0 Å². The van der Waals surface area contributed by atoms with Gasteiger partial charge in [0.2, 0.25) is 0 Å². The van der Waals surface area contributed by atoms with Crippen molar-refractivity contribution in [2.45, 2.75) is 6.55 Å². The molecule has 2 rings (SSSR count). The van der Waals surface area contributed by atoms with Crippen molar-refractivity contribution in [1.82, 2.24) is 9.78 Å². The van der Waals surface area contributed by atoms with Gasteiger partial charge in [-0.25, -0.2) is 4.68 Å². The van der Waals surface area contributed by atoms with Crippen molar-refractivity contribution < 1.29 is 8.78 Å². The van der Waals surface area contributed by atoms with Crippen molar-refractivity contribution in [1.29, 1.82) is 0 Å². The van der Waals surface area contributed by atoms with E-state index in [0.717, 1.165) is 0 Å². The summed E-state index contributed by atoms with van der Waals surface area (Å²) in [5.41, 5.74) is 6.55. The first-order chi connectivity index (χ1) is 6.16. The van der Waals surface area contributed by atoms with Crippen LogP contribution in [0, 0.1) is 0 Å². The van der Waals surface area contributed by atoms with Gasteiger partial charge in [-0.05, 0) is 18.2 Å². The van der Waals surface area contributed by atoms with Gasteiger partial charge in [0, 0.05) is 17.3 Å². The highest BCUT2D eigenvalue weighted by molar-refractivity contribution is 5.85. The minimum atomic E-state index is -2.60. The summed E-state index contributed by atoms with van der Waals surface area (Å²) in [6.45, 7) is -2.60. The lowest BCUT2D eigenvalue weighted by molar-refractivity contribution is 0.0574. The predicted molar refractivity (Wildman–Crippen MR) is 52.6 cm³/mol. The Balaban J connectivity index is 0.000000980. The van der Waals surface area contributed by atoms with E-state index in [1.165, 1.54) is 6.20 Å². The van der Waals surface area contributed by atoms with Gasteiger partial charge in [0.05, 0.1) is 5.52 Å². The Hall–Kier alpha value is -1.36. The van der Waals surface area contributed by atoms with Gasteiger partial charge in [-0.3, -0.25) is 0 Å². The van der Waals surface area contributed by atoms with Crippen molar-refractivity contribution in [3.8, 4) is 0 Å². The average molecular weight is 220 g/mol. The van der Waals surface area contributed by atoms with Gasteiger partial charge >= 0.3 is 6.55 Å². The molecule has 0 saturated carbocycles. The molecule has 0 radical (unpaired) electrons. The Bertz CT molecular complexity index is 441. The first-order valence-electron chi connectivity index (χ1n) is 3.69. The second-order valence-electron chi connectivity index (χ2n) is 2.71. The predicted octanol–water partition coefficient (Wildman–Crippen LogP) is 2.44. The van der Waals surface area contributed by atoms with Crippen LogP contribution in [0.25, 0.3) is 10.9 Å². The number of aromatic nitrogens is 2. The minimum absolute atomic E-state index is 0. The number of alkyl halides is 2. The molecule has 0 amide bonds. The molecule has 1 heterocycles. The van der Waals surface area contributed by atoms with E-state index in [-0.39, 0.29) is 12.4 Å². The molecule has 0 unspecified atom stereocenters. The van der Waals surface area contributed by atoms with Crippen molar-refractivity contribution >= 4 is 29.0 Å². The van der Waals surface area contributed by atoms with Crippen LogP contribution in [0.5, 0.6) is 0 Å². The van der Waals surface area contributed by atoms with Crippen LogP contribution in [0.1, 0.15) is 6.55 Å². The number of halogens is 3. The highest BCUT2D eigenvalue weighted by atomic mass is 35.5. The summed E-state index contributed by atoms with van der Waals surface area (Å²) in [4.78, 5) is 0. The summed E-state index contributed by atoms with van der Waals surface area (Å²) in [5, 5.41) is 4.29. The van der Waals surface area contributed by atoms with E-state index in [4.69, 9.17) is 5.73 Å². The summed E-state index contributed by atoms with van der Waals surface area (Å²) < 4.78 is 25.0. The highest BCUT2D eigenvalue weighted by Gasteiger charge is 2.07. The van der Waals surface area contributed by atoms with E-state index in [2.05, 4.69) is 5.10 Å². The topological polar surface area (TPSA) is 43.8 Å². The largest absolute Gasteiger partial charge is 0.399 e. The van der Waals surface area contributed by atoms with E-state index >= 15 is 0 Å². The molecule has 14 heavy (non-hydrogen) atoms. The Morgan fingerprint density at radius 1 is 1.36 bits per heavy atom. The molecule has 2 N–H and O–H groups in total. The number of hydrogen-bond acceptors (Lipinski definition) is 2. The summed E-state index contributed by atoms with van der Waals surface area (Å²) >= 11 is 0. The molecule has 0 atom stereocenters. The SMILES string of the molecule is Cl.Nc1ccc2nn(C(F)F)cc2c1. The van der Waals surface area contributed by atoms with Crippen LogP contribution >= 0.6 is 12.4 Å². The van der Waals surface area contributed by atoms with E-state index in [0.29, 0.717) is 21.3 Å². The molecule has 2 aromatic rings. The summed E-state index contributed by atoms with van der Waals surface area (Å²) in [6, 6.07) is 4.86. The molecule has 0 aliphatic carbocycles. The molecule has 0 aliphatic rings. The van der Waals surface area contributed by atoms with Gasteiger partial charge in [-0.15, -0.1) is 12.4 Å². The third-order valence-corrected chi connectivity index (χ3v) is 1.75. The van der Waals surface area contributed by atoms with Gasteiger partial charge in [0.15, 0.2) is 0 Å². The van der Waals surface area contributed by atoms with Crippen molar-refractivity contribution in [2.75, 3.05) is 5.73 Å². The fourth-order valence-corrected chi connectivity index (χ4v) is 1.16. The number of benzene rings is 1. The Morgan fingerprint density at radius 2 is 2.07 bits per heavy atom. The number of nitrogens with two attached hydrogens (primary N) is 1. The van der Waals surface area contributed by atoms with Crippen molar-refractivity contribution in [3.63, 3.8) is 0 Å². The van der Waals surface area contributed by atoms with Gasteiger partial charge in [-0.2, -0.15) is 13.9 Å². The number of hydrogen-bond donors (Lipinski definition) is 1. The molecule has 6 heteroatoms. The second kappa shape index (κ2) is 3.79. The quantitative estimate of drug-likeness (QED) is 0.749. The standard InChI is InChI=1S/C8H7F2N3.ClH/c9-8(10)13-4-5-3-6(11)1-2-7(5)12-13;/h1-4,8H,11H2;1H. The second-order valence-corrected chi connectivity index (χ2v) is 2.71. The number of nitrogen functional groups attached to an aromatic ring is 1. The summed E-state index contributed by atoms with van der Waals surface area (Å²) in [6.07, 6.45) is 1.27. The number of rotatable bonds is 1. The van der Waals surface area contributed by atoms with Crippen LogP contribution in [0.3, 0.4) is 0 Å². The lowest BCUT2D eigenvalue weighted by atomic mass is 10.2. The van der Waals surface area contributed by atoms with Crippen molar-refractivity contribution in [3.05, 3.63) is 24.4 Å². The fourth-order valence-electron chi connectivity index (χ4n) is 1.16. The molecule has 0 bridgehead atoms. The zero-order chi connectivity index (χ0) is 9.42. The van der Waals surface area contributed by atoms with Crippen LogP contribution in [-0.4, -0.2) is 9.78 Å². The summed E-state index contributed by atoms with van der Waals surface area (Å²) in [7, 11) is 0. The molecular weight excluding hydrogens is 212 g/mol. The van der Waals surface area contributed by atoms with Crippen LogP contribution in [0.2, 0.25) is 0 Å². The third-order valence-electron chi connectivity index (χ3n) is 1.75. The van der Waals surface area contributed by atoms with Gasteiger partial charge < -0.3 is 5.73 Å². The lowest BCUT2D eigenvalue weighted by Gasteiger charge is -1.94. The molecule has 3 nitrogen and oxygen atoms in total. The molecule has 0 spiro atoms. The first kappa shape index (κ1) is 10.7.